The summed E-state index contributed by atoms with van der Waals surface area (Å²) in [5, 5.41) is 5.77. The third kappa shape index (κ3) is 5.08. The molecule has 0 radical (unpaired) electrons. The van der Waals surface area contributed by atoms with Crippen molar-refractivity contribution in [1.29, 1.82) is 0 Å². The van der Waals surface area contributed by atoms with E-state index in [2.05, 4.69) is 57.2 Å². The number of carbonyl (C=O) groups excluding carboxylic acids is 1. The Morgan fingerprint density at radius 2 is 2.17 bits per heavy atom. The summed E-state index contributed by atoms with van der Waals surface area (Å²) in [7, 11) is 3.90. The summed E-state index contributed by atoms with van der Waals surface area (Å²) in [6, 6.07) is 1.64. The molecule has 0 aliphatic carbocycles. The molecule has 2 amide bonds. The molecule has 0 saturated carbocycles. The van der Waals surface area contributed by atoms with Crippen LogP contribution >= 0.6 is 15.9 Å². The van der Waals surface area contributed by atoms with Gasteiger partial charge in [0.05, 0.1) is 10.2 Å². The zero-order valence-electron chi connectivity index (χ0n) is 15.2. The minimum atomic E-state index is -0.205. The molecule has 2 heterocycles. The summed E-state index contributed by atoms with van der Waals surface area (Å²) in [6.45, 7) is 9.52. The third-order valence-electron chi connectivity index (χ3n) is 4.34. The molecule has 134 valence electrons. The standard InChI is InChI=1S/C17H28BrN5O/c1-17(2,3)23-7-6-12(11-23)9-20-16(24)21-15-8-14(22(4)5)13(18)10-19-15/h8,10,12H,6-7,9,11H2,1-5H3,(H2,19,20,21,24). The predicted molar refractivity (Wildman–Crippen MR) is 103 cm³/mol. The minimum absolute atomic E-state index is 0.195. The lowest BCUT2D eigenvalue weighted by atomic mass is 10.1. The van der Waals surface area contributed by atoms with Crippen LogP contribution in [0.1, 0.15) is 27.2 Å². The molecule has 1 atom stereocenters. The fourth-order valence-corrected chi connectivity index (χ4v) is 3.42. The normalized spacial score (nSPS) is 18.5. The number of urea groups is 1. The van der Waals surface area contributed by atoms with Crippen LogP contribution in [0.25, 0.3) is 0 Å². The van der Waals surface area contributed by atoms with Gasteiger partial charge in [0.25, 0.3) is 0 Å². The summed E-state index contributed by atoms with van der Waals surface area (Å²) in [5.41, 5.74) is 1.16. The number of likely N-dealkylation sites (tertiary alicyclic amines) is 1. The van der Waals surface area contributed by atoms with E-state index in [0.717, 1.165) is 29.7 Å². The second-order valence-corrected chi connectivity index (χ2v) is 8.38. The fourth-order valence-electron chi connectivity index (χ4n) is 2.85. The molecule has 2 N–H and O–H groups in total. The zero-order valence-corrected chi connectivity index (χ0v) is 16.8. The Balaban J connectivity index is 1.83. The quantitative estimate of drug-likeness (QED) is 0.818. The summed E-state index contributed by atoms with van der Waals surface area (Å²) < 4.78 is 0.895. The van der Waals surface area contributed by atoms with Crippen LogP contribution in [0, 0.1) is 5.92 Å². The van der Waals surface area contributed by atoms with E-state index in [4.69, 9.17) is 0 Å². The first-order chi connectivity index (χ1) is 11.2. The Morgan fingerprint density at radius 3 is 2.75 bits per heavy atom. The fraction of sp³-hybridized carbons (Fsp3) is 0.647. The van der Waals surface area contributed by atoms with E-state index in [9.17, 15) is 4.79 Å². The maximum atomic E-state index is 12.1. The molecule has 0 spiro atoms. The smallest absolute Gasteiger partial charge is 0.320 e. The van der Waals surface area contributed by atoms with Crippen LogP contribution < -0.4 is 15.5 Å². The second kappa shape index (κ2) is 7.70. The van der Waals surface area contributed by atoms with Crippen molar-refractivity contribution in [2.24, 2.45) is 5.92 Å². The molecular formula is C17H28BrN5O. The first-order valence-electron chi connectivity index (χ1n) is 8.29. The van der Waals surface area contributed by atoms with Crippen LogP contribution in [-0.4, -0.2) is 55.2 Å². The highest BCUT2D eigenvalue weighted by Crippen LogP contribution is 2.26. The molecule has 1 unspecified atom stereocenters. The Labute approximate surface area is 153 Å². The van der Waals surface area contributed by atoms with Crippen LogP contribution in [-0.2, 0) is 0 Å². The molecule has 1 fully saturated rings. The van der Waals surface area contributed by atoms with Gasteiger partial charge in [-0.15, -0.1) is 0 Å². The average Bonchev–Trinajstić information content (AvgIpc) is 2.96. The lowest BCUT2D eigenvalue weighted by Crippen LogP contribution is -2.40. The van der Waals surface area contributed by atoms with E-state index in [0.29, 0.717) is 18.3 Å². The summed E-state index contributed by atoms with van der Waals surface area (Å²) >= 11 is 3.46. The number of hydrogen-bond acceptors (Lipinski definition) is 4. The molecular weight excluding hydrogens is 370 g/mol. The number of anilines is 2. The maximum Gasteiger partial charge on any atom is 0.320 e. The summed E-state index contributed by atoms with van der Waals surface area (Å²) in [4.78, 5) is 20.8. The third-order valence-corrected chi connectivity index (χ3v) is 4.96. The van der Waals surface area contributed by atoms with E-state index in [1.54, 1.807) is 6.20 Å². The van der Waals surface area contributed by atoms with E-state index in [1.165, 1.54) is 0 Å². The van der Waals surface area contributed by atoms with Crippen molar-refractivity contribution in [3.8, 4) is 0 Å². The van der Waals surface area contributed by atoms with Crippen LogP contribution in [0.5, 0.6) is 0 Å². The number of rotatable bonds is 4. The molecule has 0 aromatic carbocycles. The molecule has 7 heteroatoms. The maximum absolute atomic E-state index is 12.1. The number of carbonyl (C=O) groups is 1. The molecule has 1 aliphatic rings. The highest BCUT2D eigenvalue weighted by Gasteiger charge is 2.30. The number of nitrogens with zero attached hydrogens (tertiary/aromatic N) is 3. The van der Waals surface area contributed by atoms with Gasteiger partial charge in [0, 0.05) is 45.0 Å². The van der Waals surface area contributed by atoms with Crippen molar-refractivity contribution in [1.82, 2.24) is 15.2 Å². The van der Waals surface area contributed by atoms with Gasteiger partial charge in [-0.3, -0.25) is 10.2 Å². The van der Waals surface area contributed by atoms with Gasteiger partial charge in [-0.25, -0.2) is 9.78 Å². The monoisotopic (exact) mass is 397 g/mol. The molecule has 1 aromatic heterocycles. The van der Waals surface area contributed by atoms with Gasteiger partial charge in [0.15, 0.2) is 0 Å². The molecule has 2 rings (SSSR count). The van der Waals surface area contributed by atoms with Gasteiger partial charge in [-0.05, 0) is 55.6 Å². The molecule has 6 nitrogen and oxygen atoms in total. The van der Waals surface area contributed by atoms with Gasteiger partial charge < -0.3 is 10.2 Å². The lowest BCUT2D eigenvalue weighted by Gasteiger charge is -2.31. The van der Waals surface area contributed by atoms with Gasteiger partial charge in [-0.1, -0.05) is 0 Å². The largest absolute Gasteiger partial charge is 0.377 e. The van der Waals surface area contributed by atoms with Crippen molar-refractivity contribution < 1.29 is 4.79 Å². The van der Waals surface area contributed by atoms with Crippen molar-refractivity contribution in [2.45, 2.75) is 32.7 Å². The predicted octanol–water partition coefficient (Wildman–Crippen LogP) is 3.15. The van der Waals surface area contributed by atoms with Gasteiger partial charge >= 0.3 is 6.03 Å². The second-order valence-electron chi connectivity index (χ2n) is 7.52. The van der Waals surface area contributed by atoms with Crippen molar-refractivity contribution in [2.75, 3.05) is 43.9 Å². The number of nitrogens with one attached hydrogen (secondary N) is 2. The number of aromatic nitrogens is 1. The number of hydrogen-bond donors (Lipinski definition) is 2. The van der Waals surface area contributed by atoms with Gasteiger partial charge in [0.2, 0.25) is 0 Å². The van der Waals surface area contributed by atoms with E-state index in [-0.39, 0.29) is 11.6 Å². The van der Waals surface area contributed by atoms with E-state index in [1.807, 2.05) is 25.1 Å². The van der Waals surface area contributed by atoms with Crippen molar-refractivity contribution in [3.05, 3.63) is 16.7 Å². The highest BCUT2D eigenvalue weighted by atomic mass is 79.9. The summed E-state index contributed by atoms with van der Waals surface area (Å²) in [6.07, 6.45) is 2.82. The Kier molecular flexibility index (Phi) is 6.09. The van der Waals surface area contributed by atoms with E-state index < -0.39 is 0 Å². The SMILES string of the molecule is CN(C)c1cc(NC(=O)NCC2CCN(C(C)(C)C)C2)ncc1Br. The molecule has 1 aromatic rings. The molecule has 0 bridgehead atoms. The number of amides is 2. The van der Waals surface area contributed by atoms with Crippen LogP contribution in [0.15, 0.2) is 16.7 Å². The number of halogens is 1. The van der Waals surface area contributed by atoms with Crippen LogP contribution in [0.4, 0.5) is 16.3 Å². The first kappa shape index (κ1) is 19.0. The van der Waals surface area contributed by atoms with Crippen molar-refractivity contribution in [3.63, 3.8) is 0 Å². The average molecular weight is 398 g/mol. The molecule has 1 saturated heterocycles. The highest BCUT2D eigenvalue weighted by molar-refractivity contribution is 9.10. The van der Waals surface area contributed by atoms with Crippen LogP contribution in [0.2, 0.25) is 0 Å². The Hall–Kier alpha value is -1.34. The Bertz CT molecular complexity index is 585. The summed E-state index contributed by atoms with van der Waals surface area (Å²) in [5.74, 6) is 1.05. The van der Waals surface area contributed by atoms with Gasteiger partial charge in [0.1, 0.15) is 5.82 Å². The molecule has 1 aliphatic heterocycles. The molecule has 24 heavy (non-hydrogen) atoms. The van der Waals surface area contributed by atoms with Crippen molar-refractivity contribution >= 4 is 33.5 Å². The zero-order chi connectivity index (χ0) is 17.9. The van der Waals surface area contributed by atoms with Crippen LogP contribution in [0.3, 0.4) is 0 Å². The first-order valence-corrected chi connectivity index (χ1v) is 9.09. The lowest BCUT2D eigenvalue weighted by molar-refractivity contribution is 0.168. The topological polar surface area (TPSA) is 60.5 Å². The van der Waals surface area contributed by atoms with E-state index >= 15 is 0 Å². The Morgan fingerprint density at radius 1 is 1.46 bits per heavy atom. The number of pyridine rings is 1. The van der Waals surface area contributed by atoms with Gasteiger partial charge in [-0.2, -0.15) is 0 Å². The minimum Gasteiger partial charge on any atom is -0.377 e.